The zero-order chi connectivity index (χ0) is 16.0. The van der Waals surface area contributed by atoms with Gasteiger partial charge in [0.25, 0.3) is 5.91 Å². The molecule has 0 saturated carbocycles. The number of ether oxygens (including phenoxy) is 1. The van der Waals surface area contributed by atoms with Crippen LogP contribution in [0.25, 0.3) is 0 Å². The molecular formula is C13H18N2O5S. The molecule has 0 bridgehead atoms. The Morgan fingerprint density at radius 3 is 2.52 bits per heavy atom. The third-order valence-corrected chi connectivity index (χ3v) is 3.07. The first-order valence-electron chi connectivity index (χ1n) is 6.23. The third kappa shape index (κ3) is 6.26. The van der Waals surface area contributed by atoms with E-state index in [2.05, 4.69) is 10.6 Å². The van der Waals surface area contributed by atoms with Crippen molar-refractivity contribution < 1.29 is 24.2 Å². The van der Waals surface area contributed by atoms with E-state index in [0.29, 0.717) is 4.88 Å². The molecular weight excluding hydrogens is 296 g/mol. The minimum Gasteiger partial charge on any atom is -0.480 e. The number of carbonyl (C=O) groups excluding carboxylic acids is 2. The van der Waals surface area contributed by atoms with Crippen molar-refractivity contribution >= 4 is 29.3 Å². The monoisotopic (exact) mass is 314 g/mol. The fourth-order valence-electron chi connectivity index (χ4n) is 1.34. The van der Waals surface area contributed by atoms with Gasteiger partial charge in [-0.2, -0.15) is 0 Å². The van der Waals surface area contributed by atoms with Crippen LogP contribution in [0.4, 0.5) is 4.79 Å². The van der Waals surface area contributed by atoms with Crippen LogP contribution < -0.4 is 10.6 Å². The predicted molar refractivity (Wildman–Crippen MR) is 77.4 cm³/mol. The Hall–Kier alpha value is -2.09. The second kappa shape index (κ2) is 7.07. The zero-order valence-corrected chi connectivity index (χ0v) is 12.8. The molecule has 1 aromatic heterocycles. The largest absolute Gasteiger partial charge is 0.480 e. The fourth-order valence-corrected chi connectivity index (χ4v) is 1.98. The summed E-state index contributed by atoms with van der Waals surface area (Å²) in [5.74, 6) is -1.64. The summed E-state index contributed by atoms with van der Waals surface area (Å²) in [6, 6.07) is 2.08. The van der Waals surface area contributed by atoms with Crippen LogP contribution in [0.1, 0.15) is 30.4 Å². The summed E-state index contributed by atoms with van der Waals surface area (Å²) < 4.78 is 4.97. The van der Waals surface area contributed by atoms with Crippen molar-refractivity contribution in [2.24, 2.45) is 0 Å². The van der Waals surface area contributed by atoms with Gasteiger partial charge in [0, 0.05) is 6.54 Å². The number of aliphatic carboxylic acids is 1. The van der Waals surface area contributed by atoms with Crippen molar-refractivity contribution in [2.45, 2.75) is 32.4 Å². The topological polar surface area (TPSA) is 105 Å². The third-order valence-electron chi connectivity index (χ3n) is 2.20. The number of thiophene rings is 1. The molecule has 0 spiro atoms. The molecule has 0 aliphatic heterocycles. The summed E-state index contributed by atoms with van der Waals surface area (Å²) in [4.78, 5) is 34.8. The van der Waals surface area contributed by atoms with Gasteiger partial charge in [-0.05, 0) is 32.2 Å². The van der Waals surface area contributed by atoms with Crippen LogP contribution >= 0.6 is 11.3 Å². The van der Waals surface area contributed by atoms with Gasteiger partial charge in [-0.15, -0.1) is 11.3 Å². The number of carbonyl (C=O) groups is 3. The minimum absolute atomic E-state index is 0.231. The average Bonchev–Trinajstić information content (AvgIpc) is 2.85. The summed E-state index contributed by atoms with van der Waals surface area (Å²) in [5.41, 5.74) is -0.729. The Bertz CT molecular complexity index is 507. The van der Waals surface area contributed by atoms with E-state index in [9.17, 15) is 14.4 Å². The van der Waals surface area contributed by atoms with E-state index in [-0.39, 0.29) is 12.5 Å². The maximum absolute atomic E-state index is 11.7. The highest BCUT2D eigenvalue weighted by Crippen LogP contribution is 2.08. The molecule has 0 aliphatic rings. The van der Waals surface area contributed by atoms with Crippen LogP contribution in [0.5, 0.6) is 0 Å². The summed E-state index contributed by atoms with van der Waals surface area (Å²) in [6.45, 7) is 4.77. The molecule has 116 valence electrons. The highest BCUT2D eigenvalue weighted by atomic mass is 32.1. The highest BCUT2D eigenvalue weighted by molar-refractivity contribution is 7.12. The van der Waals surface area contributed by atoms with E-state index in [1.54, 1.807) is 38.3 Å². The van der Waals surface area contributed by atoms with Crippen LogP contribution in [-0.4, -0.2) is 41.3 Å². The van der Waals surface area contributed by atoms with E-state index >= 15 is 0 Å². The number of nitrogens with one attached hydrogen (secondary N) is 2. The molecule has 1 atom stereocenters. The number of hydrogen-bond donors (Lipinski definition) is 3. The molecule has 0 aromatic carbocycles. The Balaban J connectivity index is 2.52. The molecule has 0 saturated heterocycles. The van der Waals surface area contributed by atoms with E-state index in [1.807, 2.05) is 0 Å². The van der Waals surface area contributed by atoms with Gasteiger partial charge in [-0.1, -0.05) is 6.07 Å². The lowest BCUT2D eigenvalue weighted by molar-refractivity contribution is -0.139. The molecule has 2 amide bonds. The van der Waals surface area contributed by atoms with Gasteiger partial charge < -0.3 is 20.5 Å². The molecule has 1 aromatic rings. The van der Waals surface area contributed by atoms with Gasteiger partial charge in [-0.3, -0.25) is 4.79 Å². The maximum atomic E-state index is 11.7. The first-order chi connectivity index (χ1) is 9.69. The smallest absolute Gasteiger partial charge is 0.408 e. The van der Waals surface area contributed by atoms with Crippen molar-refractivity contribution in [2.75, 3.05) is 6.54 Å². The molecule has 0 aliphatic carbocycles. The van der Waals surface area contributed by atoms with E-state index in [0.717, 1.165) is 0 Å². The Kier molecular flexibility index (Phi) is 5.71. The maximum Gasteiger partial charge on any atom is 0.408 e. The van der Waals surface area contributed by atoms with E-state index in [1.165, 1.54) is 11.3 Å². The second-order valence-electron chi connectivity index (χ2n) is 5.22. The lowest BCUT2D eigenvalue weighted by Crippen LogP contribution is -2.49. The second-order valence-corrected chi connectivity index (χ2v) is 6.17. The predicted octanol–water partition coefficient (Wildman–Crippen LogP) is 1.46. The fraction of sp³-hybridized carbons (Fsp3) is 0.462. The van der Waals surface area contributed by atoms with Gasteiger partial charge >= 0.3 is 12.1 Å². The standard InChI is InChI=1S/C13H18N2O5S/c1-13(2,3)20-12(19)15-8(11(17)18)7-14-10(16)9-5-4-6-21-9/h4-6,8H,7H2,1-3H3,(H,14,16)(H,15,19)(H,17,18)/t8-/m0/s1. The lowest BCUT2D eigenvalue weighted by Gasteiger charge is -2.22. The van der Waals surface area contributed by atoms with Crippen LogP contribution in [0.3, 0.4) is 0 Å². The first kappa shape index (κ1) is 17.0. The molecule has 1 rings (SSSR count). The number of hydrogen-bond acceptors (Lipinski definition) is 5. The molecule has 0 unspecified atom stereocenters. The molecule has 0 radical (unpaired) electrons. The van der Waals surface area contributed by atoms with Crippen LogP contribution in [-0.2, 0) is 9.53 Å². The summed E-state index contributed by atoms with van der Waals surface area (Å²) in [7, 11) is 0. The number of amides is 2. The van der Waals surface area contributed by atoms with Gasteiger partial charge in [0.2, 0.25) is 0 Å². The molecule has 21 heavy (non-hydrogen) atoms. The van der Waals surface area contributed by atoms with E-state index < -0.39 is 23.7 Å². The molecule has 7 nitrogen and oxygen atoms in total. The van der Waals surface area contributed by atoms with E-state index in [4.69, 9.17) is 9.84 Å². The number of rotatable bonds is 5. The molecule has 3 N–H and O–H groups in total. The van der Waals surface area contributed by atoms with Gasteiger partial charge in [0.1, 0.15) is 11.6 Å². The molecule has 0 fully saturated rings. The minimum atomic E-state index is -1.26. The Labute approximate surface area is 126 Å². The number of carboxylic acids is 1. The van der Waals surface area contributed by atoms with Crippen molar-refractivity contribution in [3.63, 3.8) is 0 Å². The number of carboxylic acid groups (broad SMARTS) is 1. The first-order valence-corrected chi connectivity index (χ1v) is 7.11. The normalized spacial score (nSPS) is 12.3. The van der Waals surface area contributed by atoms with Crippen molar-refractivity contribution in [3.8, 4) is 0 Å². The summed E-state index contributed by atoms with van der Waals surface area (Å²) >= 11 is 1.24. The SMILES string of the molecule is CC(C)(C)OC(=O)N[C@@H](CNC(=O)c1cccs1)C(=O)O. The molecule has 1 heterocycles. The van der Waals surface area contributed by atoms with Crippen molar-refractivity contribution in [3.05, 3.63) is 22.4 Å². The van der Waals surface area contributed by atoms with Crippen LogP contribution in [0, 0.1) is 0 Å². The lowest BCUT2D eigenvalue weighted by atomic mass is 10.2. The van der Waals surface area contributed by atoms with Crippen LogP contribution in [0.15, 0.2) is 17.5 Å². The summed E-state index contributed by atoms with van der Waals surface area (Å²) in [5, 5.41) is 15.4. The molecule has 8 heteroatoms. The zero-order valence-electron chi connectivity index (χ0n) is 12.0. The number of alkyl carbamates (subject to hydrolysis) is 1. The summed E-state index contributed by atoms with van der Waals surface area (Å²) in [6.07, 6.45) is -0.847. The van der Waals surface area contributed by atoms with Crippen molar-refractivity contribution in [1.82, 2.24) is 10.6 Å². The van der Waals surface area contributed by atoms with Gasteiger partial charge in [0.15, 0.2) is 0 Å². The van der Waals surface area contributed by atoms with Gasteiger partial charge in [-0.25, -0.2) is 9.59 Å². The van der Waals surface area contributed by atoms with Crippen molar-refractivity contribution in [1.29, 1.82) is 0 Å². The van der Waals surface area contributed by atoms with Gasteiger partial charge in [0.05, 0.1) is 4.88 Å². The van der Waals surface area contributed by atoms with Crippen LogP contribution in [0.2, 0.25) is 0 Å². The average molecular weight is 314 g/mol. The Morgan fingerprint density at radius 1 is 1.38 bits per heavy atom. The Morgan fingerprint density at radius 2 is 2.05 bits per heavy atom. The quantitative estimate of drug-likeness (QED) is 0.763. The highest BCUT2D eigenvalue weighted by Gasteiger charge is 2.24.